The van der Waals surface area contributed by atoms with Gasteiger partial charge < -0.3 is 10.1 Å². The van der Waals surface area contributed by atoms with Crippen LogP contribution in [0.1, 0.15) is 16.7 Å². The number of ether oxygens (including phenoxy) is 1. The first kappa shape index (κ1) is 16.1. The van der Waals surface area contributed by atoms with E-state index < -0.39 is 0 Å². The molecule has 24 heavy (non-hydrogen) atoms. The van der Waals surface area contributed by atoms with Crippen LogP contribution in [0.2, 0.25) is 0 Å². The summed E-state index contributed by atoms with van der Waals surface area (Å²) >= 11 is 0. The Morgan fingerprint density at radius 1 is 0.875 bits per heavy atom. The van der Waals surface area contributed by atoms with Crippen molar-refractivity contribution in [3.8, 4) is 5.75 Å². The molecule has 0 fully saturated rings. The Morgan fingerprint density at radius 2 is 1.67 bits per heavy atom. The predicted octanol–water partition coefficient (Wildman–Crippen LogP) is 5.33. The highest BCUT2D eigenvalue weighted by molar-refractivity contribution is 5.46. The van der Waals surface area contributed by atoms with Gasteiger partial charge in [-0.25, -0.2) is 4.39 Å². The summed E-state index contributed by atoms with van der Waals surface area (Å²) in [7, 11) is 0. The summed E-state index contributed by atoms with van der Waals surface area (Å²) in [6, 6.07) is 22.7. The van der Waals surface area contributed by atoms with E-state index in [1.54, 1.807) is 6.07 Å². The molecule has 0 radical (unpaired) electrons. The molecule has 1 N–H and O–H groups in total. The minimum atomic E-state index is -0.242. The number of benzene rings is 3. The Morgan fingerprint density at radius 3 is 2.42 bits per heavy atom. The first-order valence-electron chi connectivity index (χ1n) is 7.96. The molecule has 0 saturated carbocycles. The van der Waals surface area contributed by atoms with E-state index in [0.717, 1.165) is 23.5 Å². The van der Waals surface area contributed by atoms with Gasteiger partial charge in [0.2, 0.25) is 0 Å². The second-order valence-corrected chi connectivity index (χ2v) is 5.79. The Hall–Kier alpha value is -2.81. The number of rotatable bonds is 6. The highest BCUT2D eigenvalue weighted by atomic mass is 19.1. The van der Waals surface area contributed by atoms with Crippen molar-refractivity contribution in [1.82, 2.24) is 0 Å². The zero-order chi connectivity index (χ0) is 16.8. The van der Waals surface area contributed by atoms with Gasteiger partial charge in [-0.15, -0.1) is 0 Å². The highest BCUT2D eigenvalue weighted by Gasteiger charge is 1.99. The molecule has 3 heteroatoms. The number of halogens is 1. The van der Waals surface area contributed by atoms with E-state index in [2.05, 4.69) is 30.4 Å². The molecule has 0 unspecified atom stereocenters. The number of anilines is 1. The van der Waals surface area contributed by atoms with Crippen LogP contribution < -0.4 is 10.1 Å². The van der Waals surface area contributed by atoms with Crippen molar-refractivity contribution in [2.45, 2.75) is 20.1 Å². The van der Waals surface area contributed by atoms with Crippen LogP contribution >= 0.6 is 0 Å². The quantitative estimate of drug-likeness (QED) is 0.663. The fraction of sp³-hybridized carbons (Fsp3) is 0.143. The maximum Gasteiger partial charge on any atom is 0.123 e. The summed E-state index contributed by atoms with van der Waals surface area (Å²) < 4.78 is 18.8. The lowest BCUT2D eigenvalue weighted by Crippen LogP contribution is -2.00. The van der Waals surface area contributed by atoms with Crippen LogP contribution in [0.4, 0.5) is 10.1 Å². The molecule has 122 valence electrons. The molecule has 0 heterocycles. The fourth-order valence-corrected chi connectivity index (χ4v) is 2.46. The molecule has 0 aliphatic heterocycles. The van der Waals surface area contributed by atoms with Crippen molar-refractivity contribution in [2.24, 2.45) is 0 Å². The summed E-state index contributed by atoms with van der Waals surface area (Å²) in [5.74, 6) is 0.534. The standard InChI is InChI=1S/C21H20FNO/c1-16-4-2-7-20(12-16)23-14-17-8-10-21(11-9-17)24-15-18-5-3-6-19(22)13-18/h2-13,23H,14-15H2,1H3. The van der Waals surface area contributed by atoms with Crippen molar-refractivity contribution >= 4 is 5.69 Å². The van der Waals surface area contributed by atoms with E-state index >= 15 is 0 Å². The van der Waals surface area contributed by atoms with Gasteiger partial charge in [-0.3, -0.25) is 0 Å². The van der Waals surface area contributed by atoms with Crippen molar-refractivity contribution < 1.29 is 9.13 Å². The average molecular weight is 321 g/mol. The largest absolute Gasteiger partial charge is 0.489 e. The van der Waals surface area contributed by atoms with E-state index in [1.807, 2.05) is 36.4 Å². The van der Waals surface area contributed by atoms with Crippen LogP contribution in [0.3, 0.4) is 0 Å². The molecule has 0 aliphatic carbocycles. The van der Waals surface area contributed by atoms with E-state index in [0.29, 0.717) is 6.61 Å². The van der Waals surface area contributed by atoms with Crippen LogP contribution in [0.15, 0.2) is 72.8 Å². The lowest BCUT2D eigenvalue weighted by molar-refractivity contribution is 0.305. The van der Waals surface area contributed by atoms with E-state index in [-0.39, 0.29) is 5.82 Å². The minimum absolute atomic E-state index is 0.242. The Kier molecular flexibility index (Phi) is 5.12. The highest BCUT2D eigenvalue weighted by Crippen LogP contribution is 2.16. The summed E-state index contributed by atoms with van der Waals surface area (Å²) in [6.07, 6.45) is 0. The predicted molar refractivity (Wildman–Crippen MR) is 95.7 cm³/mol. The van der Waals surface area contributed by atoms with Gasteiger partial charge in [0.25, 0.3) is 0 Å². The van der Waals surface area contributed by atoms with Crippen molar-refractivity contribution in [2.75, 3.05) is 5.32 Å². The number of nitrogens with one attached hydrogen (secondary N) is 1. The Bertz CT molecular complexity index is 730. The van der Waals surface area contributed by atoms with Gasteiger partial charge in [0.15, 0.2) is 0 Å². The third kappa shape index (κ3) is 4.59. The van der Waals surface area contributed by atoms with E-state index in [4.69, 9.17) is 4.74 Å². The molecular weight excluding hydrogens is 301 g/mol. The van der Waals surface area contributed by atoms with Crippen molar-refractivity contribution in [3.05, 3.63) is 95.3 Å². The number of hydrogen-bond donors (Lipinski definition) is 1. The molecule has 0 bridgehead atoms. The van der Waals surface area contributed by atoms with Crippen LogP contribution in [0.5, 0.6) is 5.75 Å². The topological polar surface area (TPSA) is 21.3 Å². The molecule has 0 saturated heterocycles. The zero-order valence-electron chi connectivity index (χ0n) is 13.6. The third-order valence-corrected chi connectivity index (χ3v) is 3.73. The molecule has 3 rings (SSSR count). The zero-order valence-corrected chi connectivity index (χ0v) is 13.6. The lowest BCUT2D eigenvalue weighted by atomic mass is 10.2. The SMILES string of the molecule is Cc1cccc(NCc2ccc(OCc3cccc(F)c3)cc2)c1. The van der Waals surface area contributed by atoms with Gasteiger partial charge in [-0.05, 0) is 60.0 Å². The monoisotopic (exact) mass is 321 g/mol. The van der Waals surface area contributed by atoms with Gasteiger partial charge in [0.1, 0.15) is 18.2 Å². The van der Waals surface area contributed by atoms with E-state index in [1.165, 1.54) is 23.3 Å². The molecule has 3 aromatic rings. The summed E-state index contributed by atoms with van der Waals surface area (Å²) in [5, 5.41) is 3.40. The summed E-state index contributed by atoms with van der Waals surface area (Å²) in [5.41, 5.74) is 4.34. The molecule has 0 amide bonds. The van der Waals surface area contributed by atoms with Gasteiger partial charge in [-0.2, -0.15) is 0 Å². The van der Waals surface area contributed by atoms with Crippen molar-refractivity contribution in [3.63, 3.8) is 0 Å². The molecule has 0 spiro atoms. The van der Waals surface area contributed by atoms with Crippen LogP contribution in [-0.2, 0) is 13.2 Å². The van der Waals surface area contributed by atoms with Gasteiger partial charge in [0.05, 0.1) is 0 Å². The number of aryl methyl sites for hydroxylation is 1. The maximum atomic E-state index is 13.1. The van der Waals surface area contributed by atoms with Crippen LogP contribution in [-0.4, -0.2) is 0 Å². The maximum absolute atomic E-state index is 13.1. The van der Waals surface area contributed by atoms with Crippen LogP contribution in [0, 0.1) is 12.7 Å². The Labute approximate surface area is 141 Å². The summed E-state index contributed by atoms with van der Waals surface area (Å²) in [4.78, 5) is 0. The second kappa shape index (κ2) is 7.64. The minimum Gasteiger partial charge on any atom is -0.489 e. The molecular formula is C21H20FNO. The van der Waals surface area contributed by atoms with Crippen LogP contribution in [0.25, 0.3) is 0 Å². The molecule has 0 aromatic heterocycles. The Balaban J connectivity index is 1.53. The molecule has 0 atom stereocenters. The smallest absolute Gasteiger partial charge is 0.123 e. The lowest BCUT2D eigenvalue weighted by Gasteiger charge is -2.09. The fourth-order valence-electron chi connectivity index (χ4n) is 2.46. The normalized spacial score (nSPS) is 10.4. The first-order chi connectivity index (χ1) is 11.7. The molecule has 0 aliphatic rings. The second-order valence-electron chi connectivity index (χ2n) is 5.79. The van der Waals surface area contributed by atoms with Gasteiger partial charge in [0, 0.05) is 12.2 Å². The molecule has 3 aromatic carbocycles. The van der Waals surface area contributed by atoms with E-state index in [9.17, 15) is 4.39 Å². The average Bonchev–Trinajstić information content (AvgIpc) is 2.59. The third-order valence-electron chi connectivity index (χ3n) is 3.73. The van der Waals surface area contributed by atoms with Gasteiger partial charge in [-0.1, -0.05) is 36.4 Å². The van der Waals surface area contributed by atoms with Crippen molar-refractivity contribution in [1.29, 1.82) is 0 Å². The first-order valence-corrected chi connectivity index (χ1v) is 7.96. The van der Waals surface area contributed by atoms with Gasteiger partial charge >= 0.3 is 0 Å². The molecule has 2 nitrogen and oxygen atoms in total. The number of hydrogen-bond acceptors (Lipinski definition) is 2. The summed E-state index contributed by atoms with van der Waals surface area (Å²) in [6.45, 7) is 3.20.